The van der Waals surface area contributed by atoms with Crippen molar-refractivity contribution in [1.29, 1.82) is 0 Å². The fourth-order valence-corrected chi connectivity index (χ4v) is 2.91. The molecule has 1 radical (unpaired) electrons. The number of phenolic OH excluding ortho intramolecular Hbond substituents is 2. The Hall–Kier alpha value is -0.986. The Labute approximate surface area is 164 Å². The number of hydrogen-bond acceptors (Lipinski definition) is 2. The van der Waals surface area contributed by atoms with Gasteiger partial charge < -0.3 is 10.2 Å². The van der Waals surface area contributed by atoms with Gasteiger partial charge in [-0.2, -0.15) is 18.6 Å². The molecular weight excluding hydrogens is 361 g/mol. The summed E-state index contributed by atoms with van der Waals surface area (Å²) >= 11 is 0. The van der Waals surface area contributed by atoms with Crippen LogP contribution < -0.4 is 0 Å². The number of rotatable bonds is 5. The Kier molecular flexibility index (Phi) is 7.63. The van der Waals surface area contributed by atoms with E-state index in [4.69, 9.17) is 0 Å². The topological polar surface area (TPSA) is 40.5 Å². The predicted octanol–water partition coefficient (Wildman–Crippen LogP) is 4.56. The van der Waals surface area contributed by atoms with Crippen LogP contribution in [-0.2, 0) is 58.4 Å². The Morgan fingerprint density at radius 3 is 1.57 bits per heavy atom. The molecule has 2 N–H and O–H groups in total. The zero-order chi connectivity index (χ0) is 16.3. The molecule has 0 amide bonds. The summed E-state index contributed by atoms with van der Waals surface area (Å²) in [6, 6.07) is 8.15. The zero-order valence-electron chi connectivity index (χ0n) is 14.3. The van der Waals surface area contributed by atoms with Crippen molar-refractivity contribution in [1.82, 2.24) is 0 Å². The quantitative estimate of drug-likeness (QED) is 0.740. The molecule has 0 aliphatic rings. The molecule has 0 aromatic heterocycles. The minimum absolute atomic E-state index is 0. The van der Waals surface area contributed by atoms with Gasteiger partial charge in [0.1, 0.15) is 5.75 Å². The minimum atomic E-state index is 0. The van der Waals surface area contributed by atoms with E-state index in [2.05, 4.69) is 32.9 Å². The number of aryl methyl sites for hydroxylation is 3. The maximum Gasteiger partial charge on any atom is 0.121 e. The molecule has 2 rings (SSSR count). The number of aromatic hydroxyl groups is 2. The van der Waals surface area contributed by atoms with Crippen LogP contribution >= 0.6 is 0 Å². The standard InChI is InChI=1S/C20H25O2.Y/c1-5-16-10-14(8-13(4)19(16)21)9-15-11-17(6-2)20(22)18(7-3)12-15;/h8,10-12,21-22H,4-7,9H2,1-3H3;/q-1;. The molecule has 2 aromatic carbocycles. The molecular formula is C20H25O2Y-. The van der Waals surface area contributed by atoms with Crippen LogP contribution in [0, 0.1) is 6.92 Å². The first-order chi connectivity index (χ1) is 10.5. The third-order valence-electron chi connectivity index (χ3n) is 4.21. The van der Waals surface area contributed by atoms with E-state index in [0.29, 0.717) is 17.1 Å². The first-order valence-corrected chi connectivity index (χ1v) is 8.00. The normalized spacial score (nSPS) is 10.4. The molecule has 0 atom stereocenters. The molecule has 0 aliphatic heterocycles. The molecule has 121 valence electrons. The maximum atomic E-state index is 10.2. The van der Waals surface area contributed by atoms with Crippen LogP contribution in [0.15, 0.2) is 24.3 Å². The summed E-state index contributed by atoms with van der Waals surface area (Å²) in [7, 11) is 0. The van der Waals surface area contributed by atoms with Crippen LogP contribution in [0.1, 0.15) is 54.2 Å². The zero-order valence-corrected chi connectivity index (χ0v) is 17.2. The fraction of sp³-hybridized carbons (Fsp3) is 0.350. The largest absolute Gasteiger partial charge is 0.565 e. The molecule has 0 spiro atoms. The van der Waals surface area contributed by atoms with E-state index in [-0.39, 0.29) is 32.7 Å². The van der Waals surface area contributed by atoms with Gasteiger partial charge in [0.2, 0.25) is 0 Å². The van der Waals surface area contributed by atoms with Crippen LogP contribution in [0.5, 0.6) is 11.5 Å². The van der Waals surface area contributed by atoms with Crippen molar-refractivity contribution in [2.45, 2.75) is 46.5 Å². The Morgan fingerprint density at radius 2 is 1.13 bits per heavy atom. The van der Waals surface area contributed by atoms with Crippen LogP contribution in [0.4, 0.5) is 0 Å². The second kappa shape index (κ2) is 8.75. The van der Waals surface area contributed by atoms with Crippen molar-refractivity contribution in [3.8, 4) is 11.5 Å². The molecule has 0 bridgehead atoms. The van der Waals surface area contributed by atoms with E-state index < -0.39 is 0 Å². The second-order valence-electron chi connectivity index (χ2n) is 5.76. The Bertz CT molecular complexity index is 653. The number of phenols is 2. The first kappa shape index (κ1) is 20.1. The molecule has 0 unspecified atom stereocenters. The summed E-state index contributed by atoms with van der Waals surface area (Å²) in [5.41, 5.74) is 5.96. The molecule has 0 aliphatic carbocycles. The van der Waals surface area contributed by atoms with Crippen molar-refractivity contribution in [3.63, 3.8) is 0 Å². The number of hydrogen-bond donors (Lipinski definition) is 2. The van der Waals surface area contributed by atoms with Gasteiger partial charge in [0.15, 0.2) is 0 Å². The third kappa shape index (κ3) is 4.52. The van der Waals surface area contributed by atoms with Crippen molar-refractivity contribution < 1.29 is 42.9 Å². The van der Waals surface area contributed by atoms with Crippen molar-refractivity contribution in [2.24, 2.45) is 0 Å². The SMILES string of the molecule is [CH2-]c1cc(Cc2cc(CC)c(O)c(CC)c2)cc(CC)c1O.[Y]. The van der Waals surface area contributed by atoms with Gasteiger partial charge >= 0.3 is 0 Å². The summed E-state index contributed by atoms with van der Waals surface area (Å²) in [4.78, 5) is 0. The molecule has 2 aromatic rings. The van der Waals surface area contributed by atoms with Gasteiger partial charge in [0, 0.05) is 38.5 Å². The predicted molar refractivity (Wildman–Crippen MR) is 91.6 cm³/mol. The fourth-order valence-electron chi connectivity index (χ4n) is 2.91. The summed E-state index contributed by atoms with van der Waals surface area (Å²) in [6.45, 7) is 10.1. The van der Waals surface area contributed by atoms with Crippen LogP contribution in [0.25, 0.3) is 0 Å². The van der Waals surface area contributed by atoms with Gasteiger partial charge in [-0.05, 0) is 42.4 Å². The van der Waals surface area contributed by atoms with Crippen LogP contribution in [-0.4, -0.2) is 10.2 Å². The molecule has 0 saturated carbocycles. The van der Waals surface area contributed by atoms with E-state index in [1.807, 2.05) is 19.1 Å². The second-order valence-corrected chi connectivity index (χ2v) is 5.76. The van der Waals surface area contributed by atoms with Gasteiger partial charge in [0.05, 0.1) is 0 Å². The van der Waals surface area contributed by atoms with Gasteiger partial charge in [-0.3, -0.25) is 0 Å². The van der Waals surface area contributed by atoms with Gasteiger partial charge in [0.25, 0.3) is 0 Å². The first-order valence-electron chi connectivity index (χ1n) is 8.00. The summed E-state index contributed by atoms with van der Waals surface area (Å²) in [6.07, 6.45) is 3.22. The maximum absolute atomic E-state index is 10.2. The van der Waals surface area contributed by atoms with Crippen molar-refractivity contribution in [2.75, 3.05) is 0 Å². The molecule has 0 fully saturated rings. The Morgan fingerprint density at radius 1 is 0.739 bits per heavy atom. The van der Waals surface area contributed by atoms with E-state index in [1.165, 1.54) is 5.56 Å². The summed E-state index contributed by atoms with van der Waals surface area (Å²) in [5, 5.41) is 20.2. The van der Waals surface area contributed by atoms with Crippen LogP contribution in [0.2, 0.25) is 0 Å². The van der Waals surface area contributed by atoms with Gasteiger partial charge in [-0.25, -0.2) is 0 Å². The van der Waals surface area contributed by atoms with Crippen molar-refractivity contribution in [3.05, 3.63) is 64.6 Å². The van der Waals surface area contributed by atoms with Gasteiger partial charge in [-0.15, -0.1) is 0 Å². The van der Waals surface area contributed by atoms with Crippen LogP contribution in [0.3, 0.4) is 0 Å². The van der Waals surface area contributed by atoms with E-state index >= 15 is 0 Å². The molecule has 23 heavy (non-hydrogen) atoms. The van der Waals surface area contributed by atoms with E-state index in [9.17, 15) is 10.2 Å². The summed E-state index contributed by atoms with van der Waals surface area (Å²) < 4.78 is 0. The average Bonchev–Trinajstić information content (AvgIpc) is 2.52. The average molecular weight is 386 g/mol. The molecule has 0 heterocycles. The molecule has 3 heteroatoms. The minimum Gasteiger partial charge on any atom is -0.565 e. The van der Waals surface area contributed by atoms with Gasteiger partial charge in [-0.1, -0.05) is 50.1 Å². The monoisotopic (exact) mass is 386 g/mol. The summed E-state index contributed by atoms with van der Waals surface area (Å²) in [5.74, 6) is 0.743. The van der Waals surface area contributed by atoms with E-state index in [1.54, 1.807) is 0 Å². The smallest absolute Gasteiger partial charge is 0.121 e. The number of benzene rings is 2. The third-order valence-corrected chi connectivity index (χ3v) is 4.21. The van der Waals surface area contributed by atoms with Crippen molar-refractivity contribution >= 4 is 0 Å². The molecule has 0 saturated heterocycles. The molecule has 2 nitrogen and oxygen atoms in total. The van der Waals surface area contributed by atoms with E-state index in [0.717, 1.165) is 47.9 Å². The Balaban J connectivity index is 0.00000264.